The van der Waals surface area contributed by atoms with Gasteiger partial charge in [-0.25, -0.2) is 4.98 Å². The molecular formula is C32H38N8O2. The maximum atomic E-state index is 14.3. The van der Waals surface area contributed by atoms with Gasteiger partial charge in [0, 0.05) is 37.3 Å². The molecule has 0 amide bonds. The van der Waals surface area contributed by atoms with Crippen molar-refractivity contribution in [2.75, 3.05) is 44.7 Å². The number of aryl methyl sites for hydroxylation is 1. The second kappa shape index (κ2) is 12.7. The number of nitrogens with one attached hydrogen (secondary N) is 1. The predicted octanol–water partition coefficient (Wildman–Crippen LogP) is 3.88. The largest absolute Gasteiger partial charge is 0.462 e. The summed E-state index contributed by atoms with van der Waals surface area (Å²) in [5, 5.41) is 12.7. The molecule has 1 N–H and O–H groups in total. The fourth-order valence-corrected chi connectivity index (χ4v) is 5.85. The van der Waals surface area contributed by atoms with E-state index in [0.717, 1.165) is 36.1 Å². The summed E-state index contributed by atoms with van der Waals surface area (Å²) in [7, 11) is 2.09. The summed E-state index contributed by atoms with van der Waals surface area (Å²) in [5.41, 5.74) is 3.57. The van der Waals surface area contributed by atoms with Gasteiger partial charge in [0.1, 0.15) is 17.9 Å². The van der Waals surface area contributed by atoms with E-state index in [9.17, 15) is 10.1 Å². The van der Waals surface area contributed by atoms with Crippen molar-refractivity contribution in [3.63, 3.8) is 0 Å². The molecule has 42 heavy (non-hydrogen) atoms. The number of fused-ring (bicyclic) bond motifs is 1. The highest BCUT2D eigenvalue weighted by atomic mass is 16.5. The Kier molecular flexibility index (Phi) is 8.80. The monoisotopic (exact) mass is 566 g/mol. The highest BCUT2D eigenvalue weighted by molar-refractivity contribution is 5.86. The Morgan fingerprint density at radius 3 is 2.81 bits per heavy atom. The third kappa shape index (κ3) is 5.84. The number of piperazine rings is 1. The van der Waals surface area contributed by atoms with E-state index < -0.39 is 0 Å². The smallest absolute Gasteiger partial charge is 0.319 e. The lowest BCUT2D eigenvalue weighted by molar-refractivity contribution is 0.188. The summed E-state index contributed by atoms with van der Waals surface area (Å²) in [6.07, 6.45) is 8.05. The third-order valence-corrected chi connectivity index (χ3v) is 7.97. The van der Waals surface area contributed by atoms with Crippen LogP contribution < -0.4 is 20.5 Å². The molecule has 2 fully saturated rings. The minimum atomic E-state index is -0.306. The number of anilines is 1. The molecule has 5 rings (SSSR count). The number of benzene rings is 1. The zero-order valence-corrected chi connectivity index (χ0v) is 24.6. The van der Waals surface area contributed by atoms with Crippen LogP contribution >= 0.6 is 0 Å². The van der Waals surface area contributed by atoms with Crippen molar-refractivity contribution < 1.29 is 4.74 Å². The standard InChI is InChI=1S/C32H38N8O2/c1-6-7-10-23-11-8-13-26(27(23)21(2)3)40-22(4)35-28-29(31(40)41)36-32(42-20-25-12-9-17-38(25)5)37-30(28)39-18-16-34-24(19-39)14-15-33/h6-8,10-11,13,24-25,34H,1-2,9,12,14,16-20H2,3-5H3/b10-7-/t24-,25-/m0/s1. The zero-order valence-electron chi connectivity index (χ0n) is 24.6. The molecule has 2 atom stereocenters. The van der Waals surface area contributed by atoms with Crippen molar-refractivity contribution in [1.82, 2.24) is 29.7 Å². The number of likely N-dealkylation sites (tertiary alicyclic amines) is 1. The van der Waals surface area contributed by atoms with Crippen LogP contribution in [0.2, 0.25) is 0 Å². The molecule has 0 saturated carbocycles. The number of likely N-dealkylation sites (N-methyl/N-ethyl adjacent to an activating group) is 1. The summed E-state index contributed by atoms with van der Waals surface area (Å²) < 4.78 is 7.76. The highest BCUT2D eigenvalue weighted by Crippen LogP contribution is 2.29. The van der Waals surface area contributed by atoms with Crippen molar-refractivity contribution in [2.45, 2.75) is 45.2 Å². The van der Waals surface area contributed by atoms with Gasteiger partial charge in [-0.3, -0.25) is 9.36 Å². The number of nitriles is 1. The molecule has 2 aliphatic heterocycles. The molecule has 0 spiro atoms. The first-order chi connectivity index (χ1) is 20.3. The van der Waals surface area contributed by atoms with E-state index in [-0.39, 0.29) is 29.2 Å². The molecule has 2 saturated heterocycles. The summed E-state index contributed by atoms with van der Waals surface area (Å²) in [4.78, 5) is 33.1. The summed E-state index contributed by atoms with van der Waals surface area (Å²) in [6, 6.07) is 8.45. The summed E-state index contributed by atoms with van der Waals surface area (Å²) in [6.45, 7) is 15.1. The number of hydrogen-bond acceptors (Lipinski definition) is 9. The quantitative estimate of drug-likeness (QED) is 0.386. The maximum absolute atomic E-state index is 14.3. The number of ether oxygens (including phenoxy) is 1. The van der Waals surface area contributed by atoms with Gasteiger partial charge in [-0.05, 0) is 57.5 Å². The molecule has 3 aromatic rings. The lowest BCUT2D eigenvalue weighted by Gasteiger charge is -2.34. The van der Waals surface area contributed by atoms with E-state index >= 15 is 0 Å². The van der Waals surface area contributed by atoms with Crippen molar-refractivity contribution >= 4 is 28.5 Å². The van der Waals surface area contributed by atoms with Crippen LogP contribution in [0.25, 0.3) is 28.4 Å². The molecule has 2 aliphatic rings. The Labute approximate surface area is 246 Å². The SMILES string of the molecule is C=C/C=C\c1cccc(-n2c(C)nc3c(N4CCN[C@@H](CC#N)C4)nc(OC[C@@H]4CCCN4C)nc3c2=O)c1C(=C)C. The lowest BCUT2D eigenvalue weighted by atomic mass is 9.98. The Hall–Kier alpha value is -4.33. The van der Waals surface area contributed by atoms with Crippen LogP contribution in [0.4, 0.5) is 5.82 Å². The van der Waals surface area contributed by atoms with E-state index in [1.807, 2.05) is 44.2 Å². The van der Waals surface area contributed by atoms with E-state index in [0.29, 0.717) is 55.5 Å². The van der Waals surface area contributed by atoms with Crippen LogP contribution in [0.5, 0.6) is 6.01 Å². The first kappa shape index (κ1) is 29.2. The zero-order chi connectivity index (χ0) is 29.8. The predicted molar refractivity (Wildman–Crippen MR) is 167 cm³/mol. The van der Waals surface area contributed by atoms with Gasteiger partial charge in [0.05, 0.1) is 18.2 Å². The van der Waals surface area contributed by atoms with Crippen LogP contribution in [0.1, 0.15) is 43.1 Å². The number of allylic oxidation sites excluding steroid dienone is 3. The summed E-state index contributed by atoms with van der Waals surface area (Å²) in [5.74, 6) is 1.06. The van der Waals surface area contributed by atoms with Gasteiger partial charge in [-0.2, -0.15) is 15.2 Å². The molecule has 218 valence electrons. The fraction of sp³-hybridized carbons (Fsp3) is 0.406. The molecule has 0 aliphatic carbocycles. The van der Waals surface area contributed by atoms with Crippen LogP contribution in [0, 0.1) is 18.3 Å². The second-order valence-electron chi connectivity index (χ2n) is 11.0. The second-order valence-corrected chi connectivity index (χ2v) is 11.0. The molecule has 2 aromatic heterocycles. The number of aromatic nitrogens is 4. The first-order valence-electron chi connectivity index (χ1n) is 14.4. The Morgan fingerprint density at radius 1 is 1.26 bits per heavy atom. The van der Waals surface area contributed by atoms with Crippen molar-refractivity contribution in [1.29, 1.82) is 5.26 Å². The van der Waals surface area contributed by atoms with Crippen LogP contribution in [-0.4, -0.2) is 76.3 Å². The van der Waals surface area contributed by atoms with E-state index in [1.165, 1.54) is 0 Å². The Morgan fingerprint density at radius 2 is 2.10 bits per heavy atom. The third-order valence-electron chi connectivity index (χ3n) is 7.97. The average molecular weight is 567 g/mol. The van der Waals surface area contributed by atoms with Gasteiger partial charge < -0.3 is 19.9 Å². The van der Waals surface area contributed by atoms with Crippen molar-refractivity contribution in [2.24, 2.45) is 0 Å². The minimum absolute atomic E-state index is 0.0174. The maximum Gasteiger partial charge on any atom is 0.319 e. The van der Waals surface area contributed by atoms with Crippen molar-refractivity contribution in [3.8, 4) is 17.8 Å². The molecule has 0 unspecified atom stereocenters. The molecule has 4 heterocycles. The molecule has 10 nitrogen and oxygen atoms in total. The summed E-state index contributed by atoms with van der Waals surface area (Å²) >= 11 is 0. The van der Waals surface area contributed by atoms with E-state index in [1.54, 1.807) is 10.6 Å². The normalized spacial score (nSPS) is 19.3. The molecule has 0 bridgehead atoms. The molecule has 10 heteroatoms. The van der Waals surface area contributed by atoms with Gasteiger partial charge in [0.25, 0.3) is 5.56 Å². The lowest BCUT2D eigenvalue weighted by Crippen LogP contribution is -2.51. The Balaban J connectivity index is 1.68. The number of rotatable bonds is 9. The average Bonchev–Trinajstić information content (AvgIpc) is 3.39. The fourth-order valence-electron chi connectivity index (χ4n) is 5.85. The van der Waals surface area contributed by atoms with Crippen LogP contribution in [0.3, 0.4) is 0 Å². The minimum Gasteiger partial charge on any atom is -0.462 e. The van der Waals surface area contributed by atoms with E-state index in [4.69, 9.17) is 14.7 Å². The van der Waals surface area contributed by atoms with Gasteiger partial charge in [0.2, 0.25) is 0 Å². The number of hydrogen-bond donors (Lipinski definition) is 1. The van der Waals surface area contributed by atoms with Gasteiger partial charge in [-0.1, -0.05) is 43.5 Å². The molecule has 1 aromatic carbocycles. The first-order valence-corrected chi connectivity index (χ1v) is 14.4. The van der Waals surface area contributed by atoms with Gasteiger partial charge in [0.15, 0.2) is 11.3 Å². The van der Waals surface area contributed by atoms with Gasteiger partial charge >= 0.3 is 6.01 Å². The number of nitrogens with zero attached hydrogens (tertiary/aromatic N) is 7. The molecular weight excluding hydrogens is 528 g/mol. The van der Waals surface area contributed by atoms with Crippen LogP contribution in [0.15, 0.2) is 48.3 Å². The van der Waals surface area contributed by atoms with Crippen LogP contribution in [-0.2, 0) is 0 Å². The van der Waals surface area contributed by atoms with E-state index in [2.05, 4.69) is 46.4 Å². The molecule has 0 radical (unpaired) electrons. The highest BCUT2D eigenvalue weighted by Gasteiger charge is 2.27. The van der Waals surface area contributed by atoms with Gasteiger partial charge in [-0.15, -0.1) is 0 Å². The van der Waals surface area contributed by atoms with Crippen molar-refractivity contribution in [3.05, 3.63) is 70.8 Å². The Bertz CT molecular complexity index is 1640. The topological polar surface area (TPSA) is 112 Å².